The molecular weight excluding hydrogens is 334 g/mol. The summed E-state index contributed by atoms with van der Waals surface area (Å²) in [5, 5.41) is 4.99. The number of rotatable bonds is 5. The van der Waals surface area contributed by atoms with E-state index < -0.39 is 10.0 Å². The molecule has 0 radical (unpaired) electrons. The van der Waals surface area contributed by atoms with E-state index in [4.69, 9.17) is 4.74 Å². The van der Waals surface area contributed by atoms with Crippen LogP contribution in [0.1, 0.15) is 4.88 Å². The minimum atomic E-state index is -3.61. The predicted octanol–water partition coefficient (Wildman–Crippen LogP) is 1.90. The standard InChI is InChI=1S/C15H17N3O3S2/c19-23(20,14-4-2-1-3-5-14)17-16-12-13-6-7-15(22-13)18-8-10-21-11-9-18/h1-7,12,17H,8-11H2. The zero-order valence-corrected chi connectivity index (χ0v) is 14.0. The van der Waals surface area contributed by atoms with E-state index in [0.29, 0.717) is 0 Å². The molecule has 1 aliphatic rings. The van der Waals surface area contributed by atoms with Crippen molar-refractivity contribution in [3.05, 3.63) is 47.3 Å². The van der Waals surface area contributed by atoms with Crippen molar-refractivity contribution in [2.75, 3.05) is 31.2 Å². The minimum Gasteiger partial charge on any atom is -0.378 e. The van der Waals surface area contributed by atoms with Gasteiger partial charge in [-0.2, -0.15) is 13.5 Å². The Balaban J connectivity index is 1.63. The highest BCUT2D eigenvalue weighted by molar-refractivity contribution is 7.89. The molecule has 0 amide bonds. The van der Waals surface area contributed by atoms with Gasteiger partial charge < -0.3 is 9.64 Å². The van der Waals surface area contributed by atoms with Gasteiger partial charge >= 0.3 is 0 Å². The fourth-order valence-corrected chi connectivity index (χ4v) is 3.92. The zero-order valence-electron chi connectivity index (χ0n) is 12.4. The number of ether oxygens (including phenoxy) is 1. The SMILES string of the molecule is O=S(=O)(NN=Cc1ccc(N2CCOCC2)s1)c1ccccc1. The number of sulfonamides is 1. The van der Waals surface area contributed by atoms with E-state index in [2.05, 4.69) is 14.8 Å². The van der Waals surface area contributed by atoms with Gasteiger partial charge in [0.25, 0.3) is 10.0 Å². The number of hydrazone groups is 1. The van der Waals surface area contributed by atoms with Crippen LogP contribution in [0.15, 0.2) is 52.5 Å². The molecule has 0 atom stereocenters. The zero-order chi connectivity index (χ0) is 16.1. The van der Waals surface area contributed by atoms with E-state index >= 15 is 0 Å². The van der Waals surface area contributed by atoms with Gasteiger partial charge in [-0.15, -0.1) is 11.3 Å². The maximum absolute atomic E-state index is 12.0. The molecule has 1 fully saturated rings. The minimum absolute atomic E-state index is 0.192. The van der Waals surface area contributed by atoms with Crippen LogP contribution in [0.2, 0.25) is 0 Å². The molecule has 122 valence electrons. The number of nitrogens with one attached hydrogen (secondary N) is 1. The van der Waals surface area contributed by atoms with Crippen LogP contribution in [0.4, 0.5) is 5.00 Å². The van der Waals surface area contributed by atoms with Crippen LogP contribution in [0.5, 0.6) is 0 Å². The Kier molecular flexibility index (Phi) is 4.94. The summed E-state index contributed by atoms with van der Waals surface area (Å²) in [4.78, 5) is 5.56. The highest BCUT2D eigenvalue weighted by Gasteiger charge is 2.13. The summed E-state index contributed by atoms with van der Waals surface area (Å²) in [6.45, 7) is 3.21. The molecule has 0 saturated carbocycles. The Labute approximate surface area is 139 Å². The van der Waals surface area contributed by atoms with E-state index in [0.717, 1.165) is 36.2 Å². The summed E-state index contributed by atoms with van der Waals surface area (Å²) < 4.78 is 29.4. The maximum atomic E-state index is 12.0. The Bertz CT molecular complexity index is 766. The number of morpholine rings is 1. The van der Waals surface area contributed by atoms with Crippen molar-refractivity contribution >= 4 is 32.6 Å². The van der Waals surface area contributed by atoms with Crippen molar-refractivity contribution in [2.24, 2.45) is 5.10 Å². The van der Waals surface area contributed by atoms with Crippen LogP contribution in [-0.4, -0.2) is 40.9 Å². The van der Waals surface area contributed by atoms with Crippen LogP contribution in [0.25, 0.3) is 0 Å². The van der Waals surface area contributed by atoms with Crippen molar-refractivity contribution in [1.82, 2.24) is 4.83 Å². The Hall–Kier alpha value is -1.90. The summed E-state index contributed by atoms with van der Waals surface area (Å²) in [5.41, 5.74) is 0. The molecule has 1 aromatic carbocycles. The summed E-state index contributed by atoms with van der Waals surface area (Å²) in [6, 6.07) is 12.1. The van der Waals surface area contributed by atoms with Gasteiger partial charge in [0.2, 0.25) is 0 Å². The first-order valence-corrected chi connectivity index (χ1v) is 9.47. The van der Waals surface area contributed by atoms with Crippen molar-refractivity contribution < 1.29 is 13.2 Å². The second-order valence-corrected chi connectivity index (χ2v) is 7.70. The van der Waals surface area contributed by atoms with E-state index in [1.807, 2.05) is 12.1 Å². The third-order valence-electron chi connectivity index (χ3n) is 3.35. The van der Waals surface area contributed by atoms with Crippen LogP contribution >= 0.6 is 11.3 Å². The molecular formula is C15H17N3O3S2. The number of hydrogen-bond acceptors (Lipinski definition) is 6. The monoisotopic (exact) mass is 351 g/mol. The number of benzene rings is 1. The molecule has 2 heterocycles. The van der Waals surface area contributed by atoms with Gasteiger partial charge in [0.05, 0.1) is 29.3 Å². The van der Waals surface area contributed by atoms with Gasteiger partial charge in [-0.05, 0) is 24.3 Å². The van der Waals surface area contributed by atoms with Crippen LogP contribution in [0, 0.1) is 0 Å². The summed E-state index contributed by atoms with van der Waals surface area (Å²) >= 11 is 1.57. The van der Waals surface area contributed by atoms with Crippen LogP contribution in [-0.2, 0) is 14.8 Å². The third-order valence-corrected chi connectivity index (χ3v) is 5.67. The van der Waals surface area contributed by atoms with Crippen molar-refractivity contribution in [3.63, 3.8) is 0 Å². The van der Waals surface area contributed by atoms with Gasteiger partial charge in [-0.3, -0.25) is 0 Å². The molecule has 1 saturated heterocycles. The van der Waals surface area contributed by atoms with Gasteiger partial charge in [0.15, 0.2) is 0 Å². The summed E-state index contributed by atoms with van der Waals surface area (Å²) in [6.07, 6.45) is 1.52. The van der Waals surface area contributed by atoms with Crippen molar-refractivity contribution in [1.29, 1.82) is 0 Å². The van der Waals surface area contributed by atoms with E-state index in [-0.39, 0.29) is 4.90 Å². The first-order chi connectivity index (χ1) is 11.1. The fraction of sp³-hybridized carbons (Fsp3) is 0.267. The van der Waals surface area contributed by atoms with Crippen molar-refractivity contribution in [3.8, 4) is 0 Å². The molecule has 1 N–H and O–H groups in total. The number of hydrogen-bond donors (Lipinski definition) is 1. The molecule has 1 aromatic heterocycles. The molecule has 3 rings (SSSR count). The lowest BCUT2D eigenvalue weighted by Gasteiger charge is -2.27. The predicted molar refractivity (Wildman–Crippen MR) is 91.7 cm³/mol. The number of thiophene rings is 1. The second-order valence-electron chi connectivity index (χ2n) is 4.94. The lowest BCUT2D eigenvalue weighted by atomic mass is 10.4. The average molecular weight is 351 g/mol. The molecule has 0 bridgehead atoms. The molecule has 6 nitrogen and oxygen atoms in total. The Morgan fingerprint density at radius 2 is 1.87 bits per heavy atom. The van der Waals surface area contributed by atoms with Crippen LogP contribution < -0.4 is 9.73 Å². The topological polar surface area (TPSA) is 71.0 Å². The van der Waals surface area contributed by atoms with E-state index in [1.54, 1.807) is 29.5 Å². The summed E-state index contributed by atoms with van der Waals surface area (Å²) in [5.74, 6) is 0. The molecule has 1 aliphatic heterocycles. The lowest BCUT2D eigenvalue weighted by molar-refractivity contribution is 0.123. The highest BCUT2D eigenvalue weighted by Crippen LogP contribution is 2.25. The highest BCUT2D eigenvalue weighted by atomic mass is 32.2. The van der Waals surface area contributed by atoms with Gasteiger partial charge in [-0.1, -0.05) is 18.2 Å². The average Bonchev–Trinajstić information content (AvgIpc) is 3.05. The first-order valence-electron chi connectivity index (χ1n) is 7.18. The largest absolute Gasteiger partial charge is 0.378 e. The third kappa shape index (κ3) is 4.10. The van der Waals surface area contributed by atoms with Gasteiger partial charge in [0, 0.05) is 18.0 Å². The Morgan fingerprint density at radius 1 is 1.13 bits per heavy atom. The van der Waals surface area contributed by atoms with E-state index in [1.165, 1.54) is 18.3 Å². The fourth-order valence-electron chi connectivity index (χ4n) is 2.18. The molecule has 23 heavy (non-hydrogen) atoms. The maximum Gasteiger partial charge on any atom is 0.276 e. The quantitative estimate of drug-likeness (QED) is 0.660. The molecule has 2 aromatic rings. The lowest BCUT2D eigenvalue weighted by Crippen LogP contribution is -2.35. The molecule has 8 heteroatoms. The van der Waals surface area contributed by atoms with E-state index in [9.17, 15) is 8.42 Å². The smallest absolute Gasteiger partial charge is 0.276 e. The number of anilines is 1. The molecule has 0 unspecified atom stereocenters. The Morgan fingerprint density at radius 3 is 2.61 bits per heavy atom. The first kappa shape index (κ1) is 16.0. The van der Waals surface area contributed by atoms with Gasteiger partial charge in [-0.25, -0.2) is 4.83 Å². The normalized spacial score (nSPS) is 15.9. The number of nitrogens with zero attached hydrogens (tertiary/aromatic N) is 2. The van der Waals surface area contributed by atoms with Crippen molar-refractivity contribution in [2.45, 2.75) is 4.90 Å². The van der Waals surface area contributed by atoms with Crippen LogP contribution in [0.3, 0.4) is 0 Å². The van der Waals surface area contributed by atoms with Gasteiger partial charge in [0.1, 0.15) is 0 Å². The second kappa shape index (κ2) is 7.12. The molecule has 0 aliphatic carbocycles. The summed E-state index contributed by atoms with van der Waals surface area (Å²) in [7, 11) is -3.61. The molecule has 0 spiro atoms.